The van der Waals surface area contributed by atoms with Gasteiger partial charge in [0.15, 0.2) is 0 Å². The second-order valence-corrected chi connectivity index (χ2v) is 5.62. The highest BCUT2D eigenvalue weighted by Crippen LogP contribution is 2.25. The molecule has 1 rings (SSSR count). The first-order valence-electron chi connectivity index (χ1n) is 4.82. The Balaban J connectivity index is 2.81. The molecule has 0 saturated carbocycles. The molecule has 0 bridgehead atoms. The fourth-order valence-corrected chi connectivity index (χ4v) is 1.34. The van der Waals surface area contributed by atoms with Crippen molar-refractivity contribution in [2.24, 2.45) is 7.05 Å². The second-order valence-electron chi connectivity index (χ2n) is 4.10. The second kappa shape index (κ2) is 4.73. The number of aryl methyl sites for hydroxylation is 1. The number of thioether (sulfide) groups is 1. The topological polar surface area (TPSA) is 73.0 Å². The normalized spacial score (nSPS) is 11.5. The molecule has 1 heterocycles. The third-order valence-electron chi connectivity index (χ3n) is 2.32. The van der Waals surface area contributed by atoms with Gasteiger partial charge in [0, 0.05) is 18.3 Å². The molecule has 0 fully saturated rings. The van der Waals surface area contributed by atoms with Crippen LogP contribution < -0.4 is 5.32 Å². The Morgan fingerprint density at radius 2 is 2.31 bits per heavy atom. The molecule has 0 aliphatic carbocycles. The summed E-state index contributed by atoms with van der Waals surface area (Å²) in [4.78, 5) is 14.0. The predicted octanol–water partition coefficient (Wildman–Crippen LogP) is 1.88. The first kappa shape index (κ1) is 12.8. The van der Waals surface area contributed by atoms with E-state index in [4.69, 9.17) is 0 Å². The van der Waals surface area contributed by atoms with E-state index < -0.39 is 4.92 Å². The molecule has 1 N–H and O–H groups in total. The Labute approximate surface area is 98.6 Å². The lowest BCUT2D eigenvalue weighted by atomic mass is 10.2. The molecule has 0 aliphatic rings. The molecule has 0 unspecified atom stereocenters. The van der Waals surface area contributed by atoms with Gasteiger partial charge in [-0.05, 0) is 30.0 Å². The average Bonchev–Trinajstić information content (AvgIpc) is 2.57. The standard InChI is InChI=1S/C9H16N4O2S/c1-9(2,16-4)5-10-7-8(13(14)15)11-6-12(7)3/h6,10H,5H2,1-4H3. The molecule has 0 spiro atoms. The van der Waals surface area contributed by atoms with E-state index in [0.717, 1.165) is 0 Å². The van der Waals surface area contributed by atoms with Crippen LogP contribution in [0, 0.1) is 10.1 Å². The largest absolute Gasteiger partial charge is 0.406 e. The van der Waals surface area contributed by atoms with Crippen molar-refractivity contribution in [3.8, 4) is 0 Å². The van der Waals surface area contributed by atoms with Crippen LogP contribution in [-0.4, -0.2) is 32.0 Å². The van der Waals surface area contributed by atoms with Crippen molar-refractivity contribution >= 4 is 23.4 Å². The third-order valence-corrected chi connectivity index (χ3v) is 3.57. The summed E-state index contributed by atoms with van der Waals surface area (Å²) in [6.45, 7) is 4.80. The molecule has 0 saturated heterocycles. The number of imidazole rings is 1. The fourth-order valence-electron chi connectivity index (χ4n) is 1.12. The molecule has 0 aromatic carbocycles. The highest BCUT2D eigenvalue weighted by Gasteiger charge is 2.23. The van der Waals surface area contributed by atoms with Gasteiger partial charge in [0.25, 0.3) is 0 Å². The minimum Gasteiger partial charge on any atom is -0.363 e. The van der Waals surface area contributed by atoms with Crippen LogP contribution in [0.4, 0.5) is 11.6 Å². The average molecular weight is 244 g/mol. The first-order valence-corrected chi connectivity index (χ1v) is 6.04. The smallest absolute Gasteiger partial charge is 0.363 e. The lowest BCUT2D eigenvalue weighted by Crippen LogP contribution is -2.26. The number of hydrogen-bond donors (Lipinski definition) is 1. The Kier molecular flexibility index (Phi) is 3.79. The number of rotatable bonds is 5. The van der Waals surface area contributed by atoms with Crippen molar-refractivity contribution in [3.05, 3.63) is 16.4 Å². The molecular formula is C9H16N4O2S. The first-order chi connectivity index (χ1) is 7.37. The van der Waals surface area contributed by atoms with Gasteiger partial charge < -0.3 is 15.4 Å². The zero-order valence-corrected chi connectivity index (χ0v) is 10.7. The van der Waals surface area contributed by atoms with Crippen LogP contribution in [0.25, 0.3) is 0 Å². The highest BCUT2D eigenvalue weighted by atomic mass is 32.2. The SMILES string of the molecule is CSC(C)(C)CNc1c([N+](=O)[O-])ncn1C. The van der Waals surface area contributed by atoms with Gasteiger partial charge in [-0.2, -0.15) is 11.8 Å². The molecule has 7 heteroatoms. The van der Waals surface area contributed by atoms with E-state index in [1.54, 1.807) is 23.4 Å². The van der Waals surface area contributed by atoms with Gasteiger partial charge in [0.2, 0.25) is 12.1 Å². The van der Waals surface area contributed by atoms with E-state index in [-0.39, 0.29) is 10.6 Å². The van der Waals surface area contributed by atoms with Gasteiger partial charge in [-0.15, -0.1) is 0 Å². The van der Waals surface area contributed by atoms with Crippen molar-refractivity contribution in [2.75, 3.05) is 18.1 Å². The Morgan fingerprint density at radius 1 is 1.69 bits per heavy atom. The van der Waals surface area contributed by atoms with Crippen molar-refractivity contribution in [1.29, 1.82) is 0 Å². The van der Waals surface area contributed by atoms with Crippen LogP contribution in [0.5, 0.6) is 0 Å². The third kappa shape index (κ3) is 2.88. The van der Waals surface area contributed by atoms with Crippen LogP contribution in [0.2, 0.25) is 0 Å². The van der Waals surface area contributed by atoms with Crippen LogP contribution in [-0.2, 0) is 7.05 Å². The number of nitrogens with zero attached hydrogens (tertiary/aromatic N) is 3. The molecule has 0 radical (unpaired) electrons. The predicted molar refractivity (Wildman–Crippen MR) is 65.9 cm³/mol. The van der Waals surface area contributed by atoms with Gasteiger partial charge in [0.1, 0.15) is 0 Å². The molecule has 6 nitrogen and oxygen atoms in total. The summed E-state index contributed by atoms with van der Waals surface area (Å²) in [7, 11) is 1.73. The lowest BCUT2D eigenvalue weighted by Gasteiger charge is -2.22. The minimum atomic E-state index is -0.478. The fraction of sp³-hybridized carbons (Fsp3) is 0.667. The molecule has 90 valence electrons. The van der Waals surface area contributed by atoms with Crippen LogP contribution in [0.3, 0.4) is 0 Å². The molecular weight excluding hydrogens is 228 g/mol. The van der Waals surface area contributed by atoms with Gasteiger partial charge in [0.05, 0.1) is 0 Å². The van der Waals surface area contributed by atoms with E-state index in [0.29, 0.717) is 12.4 Å². The monoisotopic (exact) mass is 244 g/mol. The van der Waals surface area contributed by atoms with Crippen molar-refractivity contribution in [2.45, 2.75) is 18.6 Å². The summed E-state index contributed by atoms with van der Waals surface area (Å²) in [6, 6.07) is 0. The van der Waals surface area contributed by atoms with Gasteiger partial charge >= 0.3 is 5.82 Å². The summed E-state index contributed by atoms with van der Waals surface area (Å²) >= 11 is 1.71. The quantitative estimate of drug-likeness (QED) is 0.632. The highest BCUT2D eigenvalue weighted by molar-refractivity contribution is 7.99. The summed E-state index contributed by atoms with van der Waals surface area (Å²) in [5, 5.41) is 13.8. The van der Waals surface area contributed by atoms with E-state index in [1.165, 1.54) is 6.33 Å². The van der Waals surface area contributed by atoms with Crippen LogP contribution >= 0.6 is 11.8 Å². The van der Waals surface area contributed by atoms with Gasteiger partial charge in [-0.1, -0.05) is 0 Å². The molecule has 1 aromatic heterocycles. The minimum absolute atomic E-state index is 0.0259. The molecule has 0 atom stereocenters. The molecule has 16 heavy (non-hydrogen) atoms. The molecule has 1 aromatic rings. The summed E-state index contributed by atoms with van der Waals surface area (Å²) in [6.07, 6.45) is 3.45. The van der Waals surface area contributed by atoms with E-state index >= 15 is 0 Å². The zero-order chi connectivity index (χ0) is 12.3. The van der Waals surface area contributed by atoms with E-state index in [1.807, 2.05) is 6.26 Å². The van der Waals surface area contributed by atoms with Gasteiger partial charge in [-0.25, -0.2) is 0 Å². The van der Waals surface area contributed by atoms with E-state index in [2.05, 4.69) is 24.1 Å². The Hall–Kier alpha value is -1.24. The maximum absolute atomic E-state index is 10.7. The van der Waals surface area contributed by atoms with Crippen LogP contribution in [0.1, 0.15) is 13.8 Å². The summed E-state index contributed by atoms with van der Waals surface area (Å²) < 4.78 is 1.65. The number of nitrogens with one attached hydrogen (secondary N) is 1. The van der Waals surface area contributed by atoms with Crippen molar-refractivity contribution in [1.82, 2.24) is 9.55 Å². The number of hydrogen-bond acceptors (Lipinski definition) is 5. The lowest BCUT2D eigenvalue weighted by molar-refractivity contribution is -0.388. The number of aromatic nitrogens is 2. The summed E-state index contributed by atoms with van der Waals surface area (Å²) in [5.41, 5.74) is 0. The van der Waals surface area contributed by atoms with Crippen molar-refractivity contribution < 1.29 is 4.92 Å². The maximum Gasteiger partial charge on any atom is 0.406 e. The molecule has 0 amide bonds. The van der Waals surface area contributed by atoms with E-state index in [9.17, 15) is 10.1 Å². The Bertz CT molecular complexity index is 389. The van der Waals surface area contributed by atoms with Crippen molar-refractivity contribution in [3.63, 3.8) is 0 Å². The maximum atomic E-state index is 10.7. The number of nitro groups is 1. The number of anilines is 1. The summed E-state index contributed by atoms with van der Waals surface area (Å²) in [5.74, 6) is 0.325. The zero-order valence-electron chi connectivity index (χ0n) is 9.85. The van der Waals surface area contributed by atoms with Gasteiger partial charge in [-0.3, -0.25) is 4.57 Å². The molecule has 0 aliphatic heterocycles. The van der Waals surface area contributed by atoms with Crippen LogP contribution in [0.15, 0.2) is 6.33 Å². The Morgan fingerprint density at radius 3 is 2.81 bits per heavy atom.